The molecule has 0 bridgehead atoms. The highest BCUT2D eigenvalue weighted by molar-refractivity contribution is 7.17. The molecule has 4 rings (SSSR count). The van der Waals surface area contributed by atoms with Crippen molar-refractivity contribution in [1.82, 2.24) is 0 Å². The van der Waals surface area contributed by atoms with E-state index in [1.807, 2.05) is 6.92 Å². The van der Waals surface area contributed by atoms with Gasteiger partial charge in [-0.05, 0) is 67.7 Å². The molecule has 35 heavy (non-hydrogen) atoms. The maximum Gasteiger partial charge on any atom is 0.341 e. The molecule has 0 saturated carbocycles. The van der Waals surface area contributed by atoms with E-state index in [0.717, 1.165) is 40.7 Å². The summed E-state index contributed by atoms with van der Waals surface area (Å²) in [5.41, 5.74) is 2.35. The predicted molar refractivity (Wildman–Crippen MR) is 137 cm³/mol. The molecule has 0 radical (unpaired) electrons. The lowest BCUT2D eigenvalue weighted by Gasteiger charge is -2.33. The lowest BCUT2D eigenvalue weighted by Crippen LogP contribution is -2.30. The molecular formula is C27H31NO6S. The second-order valence-corrected chi connectivity index (χ2v) is 11.3. The molecule has 0 spiro atoms. The molecule has 1 aliphatic carbocycles. The Kier molecular flexibility index (Phi) is 6.77. The molecule has 1 N–H and O–H groups in total. The molecule has 1 aromatic carbocycles. The van der Waals surface area contributed by atoms with Crippen LogP contribution in [0.5, 0.6) is 5.75 Å². The number of esters is 1. The van der Waals surface area contributed by atoms with Gasteiger partial charge in [0.05, 0.1) is 12.7 Å². The summed E-state index contributed by atoms with van der Waals surface area (Å²) in [4.78, 5) is 38.5. The maximum atomic E-state index is 13.0. The van der Waals surface area contributed by atoms with Gasteiger partial charge < -0.3 is 19.2 Å². The Morgan fingerprint density at radius 1 is 1.23 bits per heavy atom. The number of fused-ring (bicyclic) bond motifs is 2. The monoisotopic (exact) mass is 497 g/mol. The number of amides is 1. The fourth-order valence-electron chi connectivity index (χ4n) is 4.58. The summed E-state index contributed by atoms with van der Waals surface area (Å²) in [6, 6.07) is 6.56. The van der Waals surface area contributed by atoms with Gasteiger partial charge in [0.1, 0.15) is 16.3 Å². The van der Waals surface area contributed by atoms with Gasteiger partial charge in [-0.15, -0.1) is 11.3 Å². The Morgan fingerprint density at radius 3 is 2.66 bits per heavy atom. The van der Waals surface area contributed by atoms with E-state index in [2.05, 4.69) is 26.1 Å². The first-order valence-corrected chi connectivity index (χ1v) is 12.5. The average molecular weight is 498 g/mol. The number of hydrogen-bond acceptors (Lipinski definition) is 7. The van der Waals surface area contributed by atoms with E-state index in [0.29, 0.717) is 27.8 Å². The van der Waals surface area contributed by atoms with Crippen LogP contribution in [0.1, 0.15) is 60.5 Å². The SMILES string of the molecule is COC(=O)c1c(NC(=O)C(C)Oc2ccc3c(C)cc(=O)oc3c2)sc2c1CCC(C(C)(C)C)C2. The minimum Gasteiger partial charge on any atom is -0.481 e. The van der Waals surface area contributed by atoms with Gasteiger partial charge in [-0.3, -0.25) is 4.79 Å². The maximum absolute atomic E-state index is 13.0. The van der Waals surface area contributed by atoms with Crippen LogP contribution < -0.4 is 15.7 Å². The number of nitrogens with one attached hydrogen (secondary N) is 1. The number of carbonyl (C=O) groups excluding carboxylic acids is 2. The number of thiophene rings is 1. The van der Waals surface area contributed by atoms with Crippen molar-refractivity contribution in [3.8, 4) is 5.75 Å². The zero-order chi connectivity index (χ0) is 25.5. The first-order valence-electron chi connectivity index (χ1n) is 11.7. The molecule has 2 aromatic heterocycles. The van der Waals surface area contributed by atoms with Gasteiger partial charge in [0.2, 0.25) is 0 Å². The van der Waals surface area contributed by atoms with Gasteiger partial charge >= 0.3 is 11.6 Å². The number of hydrogen-bond donors (Lipinski definition) is 1. The third kappa shape index (κ3) is 5.12. The van der Waals surface area contributed by atoms with E-state index in [4.69, 9.17) is 13.9 Å². The third-order valence-electron chi connectivity index (χ3n) is 6.72. The van der Waals surface area contributed by atoms with Crippen molar-refractivity contribution in [1.29, 1.82) is 0 Å². The number of benzene rings is 1. The van der Waals surface area contributed by atoms with Crippen molar-refractivity contribution in [3.05, 3.63) is 56.3 Å². The van der Waals surface area contributed by atoms with Crippen molar-refractivity contribution >= 4 is 39.2 Å². The van der Waals surface area contributed by atoms with Crippen LogP contribution in [0.2, 0.25) is 0 Å². The van der Waals surface area contributed by atoms with Crippen molar-refractivity contribution in [2.24, 2.45) is 11.3 Å². The van der Waals surface area contributed by atoms with Crippen molar-refractivity contribution in [3.63, 3.8) is 0 Å². The van der Waals surface area contributed by atoms with Gasteiger partial charge in [0.25, 0.3) is 5.91 Å². The lowest BCUT2D eigenvalue weighted by molar-refractivity contribution is -0.122. The molecule has 0 aliphatic heterocycles. The Balaban J connectivity index is 1.55. The normalized spacial score (nSPS) is 16.5. The number of anilines is 1. The average Bonchev–Trinajstić information content (AvgIpc) is 3.14. The summed E-state index contributed by atoms with van der Waals surface area (Å²) in [5.74, 6) is 0.0783. The fraction of sp³-hybridized carbons (Fsp3) is 0.444. The molecule has 7 nitrogen and oxygen atoms in total. The number of ether oxygens (including phenoxy) is 2. The van der Waals surface area contributed by atoms with Gasteiger partial charge in [0, 0.05) is 22.4 Å². The molecule has 186 valence electrons. The molecule has 2 heterocycles. The fourth-order valence-corrected chi connectivity index (χ4v) is 5.90. The highest BCUT2D eigenvalue weighted by Crippen LogP contribution is 2.44. The molecule has 2 unspecified atom stereocenters. The minimum atomic E-state index is -0.851. The minimum absolute atomic E-state index is 0.163. The van der Waals surface area contributed by atoms with Crippen LogP contribution in [0, 0.1) is 18.3 Å². The van der Waals surface area contributed by atoms with Gasteiger partial charge in [-0.25, -0.2) is 9.59 Å². The molecular weight excluding hydrogens is 466 g/mol. The van der Waals surface area contributed by atoms with Crippen LogP contribution in [0.15, 0.2) is 33.5 Å². The van der Waals surface area contributed by atoms with E-state index >= 15 is 0 Å². The quantitative estimate of drug-likeness (QED) is 0.369. The van der Waals surface area contributed by atoms with Crippen molar-refractivity contribution in [2.75, 3.05) is 12.4 Å². The predicted octanol–water partition coefficient (Wildman–Crippen LogP) is 5.51. The van der Waals surface area contributed by atoms with E-state index in [1.54, 1.807) is 25.1 Å². The lowest BCUT2D eigenvalue weighted by atomic mass is 9.72. The number of methoxy groups -OCH3 is 1. The van der Waals surface area contributed by atoms with Gasteiger partial charge in [0.15, 0.2) is 6.10 Å². The molecule has 2 atom stereocenters. The molecule has 0 fully saturated rings. The third-order valence-corrected chi connectivity index (χ3v) is 7.89. The molecule has 8 heteroatoms. The zero-order valence-electron chi connectivity index (χ0n) is 20.9. The number of rotatable bonds is 5. The smallest absolute Gasteiger partial charge is 0.341 e. The van der Waals surface area contributed by atoms with Crippen LogP contribution in [0.25, 0.3) is 11.0 Å². The molecule has 1 amide bonds. The van der Waals surface area contributed by atoms with Gasteiger partial charge in [-0.1, -0.05) is 20.8 Å². The summed E-state index contributed by atoms with van der Waals surface area (Å²) >= 11 is 1.44. The Morgan fingerprint density at radius 2 is 1.97 bits per heavy atom. The van der Waals surface area contributed by atoms with Crippen LogP contribution >= 0.6 is 11.3 Å². The highest BCUT2D eigenvalue weighted by atomic mass is 32.1. The van der Waals surface area contributed by atoms with Gasteiger partial charge in [-0.2, -0.15) is 0 Å². The first-order chi connectivity index (χ1) is 16.5. The summed E-state index contributed by atoms with van der Waals surface area (Å²) in [5, 5.41) is 4.19. The summed E-state index contributed by atoms with van der Waals surface area (Å²) < 4.78 is 16.2. The Hall–Kier alpha value is -3.13. The van der Waals surface area contributed by atoms with Crippen molar-refractivity contribution in [2.45, 2.75) is 60.0 Å². The standard InChI is InChI=1S/C27H31NO6S/c1-14-11-22(29)34-20-13-17(8-10-18(14)20)33-15(2)24(30)28-25-23(26(31)32-6)19-9-7-16(27(3,4)5)12-21(19)35-25/h8,10-11,13,15-16H,7,9,12H2,1-6H3,(H,28,30). The summed E-state index contributed by atoms with van der Waals surface area (Å²) in [6.45, 7) is 10.2. The molecule has 3 aromatic rings. The number of carbonyl (C=O) groups is 2. The second kappa shape index (κ2) is 9.49. The summed E-state index contributed by atoms with van der Waals surface area (Å²) in [6.07, 6.45) is 1.79. The van der Waals surface area contributed by atoms with Crippen LogP contribution in [0.4, 0.5) is 5.00 Å². The largest absolute Gasteiger partial charge is 0.481 e. The molecule has 0 saturated heterocycles. The Labute approximate surface area is 208 Å². The van der Waals surface area contributed by atoms with Crippen LogP contribution in [0.3, 0.4) is 0 Å². The topological polar surface area (TPSA) is 94.8 Å². The molecule has 1 aliphatic rings. The van der Waals surface area contributed by atoms with Crippen LogP contribution in [-0.4, -0.2) is 25.1 Å². The van der Waals surface area contributed by atoms with E-state index in [9.17, 15) is 14.4 Å². The van der Waals surface area contributed by atoms with Crippen molar-refractivity contribution < 1.29 is 23.5 Å². The summed E-state index contributed by atoms with van der Waals surface area (Å²) in [7, 11) is 1.35. The Bertz CT molecular complexity index is 1350. The van der Waals surface area contributed by atoms with E-state index < -0.39 is 17.7 Å². The highest BCUT2D eigenvalue weighted by Gasteiger charge is 2.34. The van der Waals surface area contributed by atoms with Crippen LogP contribution in [-0.2, 0) is 22.4 Å². The van der Waals surface area contributed by atoms with E-state index in [1.165, 1.54) is 24.5 Å². The second-order valence-electron chi connectivity index (χ2n) is 10.2. The number of aryl methyl sites for hydroxylation is 1. The first kappa shape index (κ1) is 25.0. The zero-order valence-corrected chi connectivity index (χ0v) is 21.8. The van der Waals surface area contributed by atoms with E-state index in [-0.39, 0.29) is 11.3 Å².